The fourth-order valence-corrected chi connectivity index (χ4v) is 4.72. The summed E-state index contributed by atoms with van der Waals surface area (Å²) in [7, 11) is 0. The first kappa shape index (κ1) is 17.0. The van der Waals surface area contributed by atoms with E-state index in [1.165, 1.54) is 5.56 Å². The second-order valence-electron chi connectivity index (χ2n) is 7.73. The zero-order valence-electron chi connectivity index (χ0n) is 15.9. The molecule has 0 saturated heterocycles. The topological polar surface area (TPSA) is 74.2 Å². The van der Waals surface area contributed by atoms with E-state index in [1.807, 2.05) is 25.1 Å². The first-order chi connectivity index (χ1) is 14.2. The molecule has 6 nitrogen and oxygen atoms in total. The summed E-state index contributed by atoms with van der Waals surface area (Å²) in [6.45, 7) is 1.90. The van der Waals surface area contributed by atoms with Crippen molar-refractivity contribution in [3.8, 4) is 17.0 Å². The Kier molecular flexibility index (Phi) is 3.71. The standard InChI is InChI=1S/C22H18ClN3O3/c1-11-6-17-22(27-11)19(25-10-24-17)15-9-13(23)7-12-8-18(28-20(12)15)21-14-4-2-3-5-16(14)26-29-21/h6-7,9-10,18H,2-5,8H2,1H3/t18-/m1/s1. The van der Waals surface area contributed by atoms with Crippen LogP contribution in [0.1, 0.15) is 47.3 Å². The van der Waals surface area contributed by atoms with Crippen LogP contribution in [0.3, 0.4) is 0 Å². The van der Waals surface area contributed by atoms with E-state index in [1.54, 1.807) is 6.33 Å². The number of fused-ring (bicyclic) bond motifs is 3. The summed E-state index contributed by atoms with van der Waals surface area (Å²) >= 11 is 6.46. The maximum Gasteiger partial charge on any atom is 0.181 e. The van der Waals surface area contributed by atoms with E-state index in [0.29, 0.717) is 22.7 Å². The van der Waals surface area contributed by atoms with Gasteiger partial charge in [0.05, 0.1) is 5.69 Å². The van der Waals surface area contributed by atoms with Crippen molar-refractivity contribution in [3.63, 3.8) is 0 Å². The number of hydrogen-bond acceptors (Lipinski definition) is 6. The summed E-state index contributed by atoms with van der Waals surface area (Å²) in [6.07, 6.45) is 6.33. The highest BCUT2D eigenvalue weighted by Crippen LogP contribution is 2.47. The molecule has 3 aromatic heterocycles. The van der Waals surface area contributed by atoms with E-state index in [2.05, 4.69) is 15.1 Å². The lowest BCUT2D eigenvalue weighted by atomic mass is 9.93. The third-order valence-electron chi connectivity index (χ3n) is 5.77. The molecule has 29 heavy (non-hydrogen) atoms. The molecule has 0 radical (unpaired) electrons. The first-order valence-corrected chi connectivity index (χ1v) is 10.2. The van der Waals surface area contributed by atoms with Crippen molar-refractivity contribution < 1.29 is 13.7 Å². The van der Waals surface area contributed by atoms with Crippen molar-refractivity contribution in [2.75, 3.05) is 0 Å². The lowest BCUT2D eigenvalue weighted by Gasteiger charge is -2.14. The van der Waals surface area contributed by atoms with Gasteiger partial charge in [-0.3, -0.25) is 0 Å². The Bertz CT molecular complexity index is 1260. The molecule has 0 spiro atoms. The molecule has 1 atom stereocenters. The van der Waals surface area contributed by atoms with Gasteiger partial charge in [-0.05, 0) is 44.7 Å². The summed E-state index contributed by atoms with van der Waals surface area (Å²) in [5.41, 5.74) is 6.22. The average molecular weight is 408 g/mol. The molecule has 4 aromatic rings. The molecule has 1 aromatic carbocycles. The highest BCUT2D eigenvalue weighted by molar-refractivity contribution is 6.31. The van der Waals surface area contributed by atoms with Crippen LogP contribution in [0.5, 0.6) is 5.75 Å². The molecule has 0 saturated carbocycles. The van der Waals surface area contributed by atoms with Crippen molar-refractivity contribution in [1.29, 1.82) is 0 Å². The number of rotatable bonds is 2. The Morgan fingerprint density at radius 3 is 2.93 bits per heavy atom. The van der Waals surface area contributed by atoms with Crippen LogP contribution in [0.15, 0.2) is 33.5 Å². The maximum atomic E-state index is 6.46. The van der Waals surface area contributed by atoms with E-state index in [-0.39, 0.29) is 6.10 Å². The number of ether oxygens (including phenoxy) is 1. The molecule has 2 aliphatic rings. The van der Waals surface area contributed by atoms with Crippen LogP contribution < -0.4 is 4.74 Å². The van der Waals surface area contributed by atoms with Gasteiger partial charge in [0, 0.05) is 34.2 Å². The zero-order valence-corrected chi connectivity index (χ0v) is 16.6. The van der Waals surface area contributed by atoms with Gasteiger partial charge in [-0.25, -0.2) is 9.97 Å². The molecular weight excluding hydrogens is 390 g/mol. The molecule has 1 aliphatic carbocycles. The van der Waals surface area contributed by atoms with Gasteiger partial charge in [0.1, 0.15) is 29.0 Å². The number of aryl methyl sites for hydroxylation is 2. The highest BCUT2D eigenvalue weighted by Gasteiger charge is 2.34. The van der Waals surface area contributed by atoms with Gasteiger partial charge in [0.25, 0.3) is 0 Å². The molecule has 0 bridgehead atoms. The predicted octanol–water partition coefficient (Wildman–Crippen LogP) is 5.39. The second-order valence-corrected chi connectivity index (χ2v) is 8.16. The zero-order chi connectivity index (χ0) is 19.5. The molecule has 0 unspecified atom stereocenters. The number of nitrogens with zero attached hydrogens (tertiary/aromatic N) is 3. The van der Waals surface area contributed by atoms with Gasteiger partial charge >= 0.3 is 0 Å². The Morgan fingerprint density at radius 2 is 2.00 bits per heavy atom. The molecule has 4 heterocycles. The minimum atomic E-state index is -0.202. The van der Waals surface area contributed by atoms with Gasteiger partial charge < -0.3 is 13.7 Å². The average Bonchev–Trinajstić information content (AvgIpc) is 3.41. The van der Waals surface area contributed by atoms with Crippen molar-refractivity contribution >= 4 is 22.7 Å². The molecular formula is C22H18ClN3O3. The number of benzene rings is 1. The van der Waals surface area contributed by atoms with Crippen LogP contribution in [0.4, 0.5) is 0 Å². The van der Waals surface area contributed by atoms with E-state index in [9.17, 15) is 0 Å². The molecule has 0 N–H and O–H groups in total. The van der Waals surface area contributed by atoms with Crippen LogP contribution >= 0.6 is 11.6 Å². The third kappa shape index (κ3) is 2.66. The minimum Gasteiger partial charge on any atom is -0.481 e. The summed E-state index contributed by atoms with van der Waals surface area (Å²) in [5.74, 6) is 2.40. The summed E-state index contributed by atoms with van der Waals surface area (Å²) in [4.78, 5) is 8.79. The molecule has 0 amide bonds. The van der Waals surface area contributed by atoms with Crippen LogP contribution in [0, 0.1) is 6.92 Å². The van der Waals surface area contributed by atoms with Crippen LogP contribution in [-0.4, -0.2) is 15.1 Å². The van der Waals surface area contributed by atoms with Crippen LogP contribution in [0.2, 0.25) is 5.02 Å². The molecule has 146 valence electrons. The van der Waals surface area contributed by atoms with Gasteiger partial charge in [0.2, 0.25) is 0 Å². The van der Waals surface area contributed by atoms with E-state index in [0.717, 1.165) is 65.3 Å². The number of furan rings is 1. The summed E-state index contributed by atoms with van der Waals surface area (Å²) < 4.78 is 18.0. The molecule has 1 aliphatic heterocycles. The Hall–Kier alpha value is -2.86. The van der Waals surface area contributed by atoms with Crippen molar-refractivity contribution in [2.24, 2.45) is 0 Å². The monoisotopic (exact) mass is 407 g/mol. The molecule has 7 heteroatoms. The predicted molar refractivity (Wildman–Crippen MR) is 107 cm³/mol. The fourth-order valence-electron chi connectivity index (χ4n) is 4.48. The number of hydrogen-bond donors (Lipinski definition) is 0. The Labute approximate surface area is 171 Å². The van der Waals surface area contributed by atoms with Gasteiger partial charge in [-0.1, -0.05) is 16.8 Å². The van der Waals surface area contributed by atoms with Gasteiger partial charge in [0.15, 0.2) is 17.4 Å². The Balaban J connectivity index is 1.46. The van der Waals surface area contributed by atoms with Crippen molar-refractivity contribution in [3.05, 3.63) is 57.9 Å². The number of halogens is 1. The van der Waals surface area contributed by atoms with E-state index in [4.69, 9.17) is 25.3 Å². The molecule has 0 fully saturated rings. The fraction of sp³-hybridized carbons (Fsp3) is 0.318. The maximum absolute atomic E-state index is 6.46. The first-order valence-electron chi connectivity index (χ1n) is 9.85. The lowest BCUT2D eigenvalue weighted by molar-refractivity contribution is 0.189. The normalized spacial score (nSPS) is 17.9. The third-order valence-corrected chi connectivity index (χ3v) is 5.99. The molecule has 6 rings (SSSR count). The lowest BCUT2D eigenvalue weighted by Crippen LogP contribution is -2.08. The Morgan fingerprint density at radius 1 is 1.10 bits per heavy atom. The second kappa shape index (κ2) is 6.32. The highest BCUT2D eigenvalue weighted by atomic mass is 35.5. The largest absolute Gasteiger partial charge is 0.481 e. The van der Waals surface area contributed by atoms with Crippen LogP contribution in [0.25, 0.3) is 22.4 Å². The van der Waals surface area contributed by atoms with Crippen molar-refractivity contribution in [2.45, 2.75) is 45.1 Å². The number of aromatic nitrogens is 3. The van der Waals surface area contributed by atoms with Gasteiger partial charge in [-0.2, -0.15) is 0 Å². The smallest absolute Gasteiger partial charge is 0.181 e. The van der Waals surface area contributed by atoms with Gasteiger partial charge in [-0.15, -0.1) is 0 Å². The summed E-state index contributed by atoms with van der Waals surface area (Å²) in [5, 5.41) is 4.93. The van der Waals surface area contributed by atoms with Crippen LogP contribution in [-0.2, 0) is 19.3 Å². The quantitative estimate of drug-likeness (QED) is 0.443. The summed E-state index contributed by atoms with van der Waals surface area (Å²) in [6, 6.07) is 5.73. The minimum absolute atomic E-state index is 0.202. The van der Waals surface area contributed by atoms with E-state index < -0.39 is 0 Å². The van der Waals surface area contributed by atoms with Crippen molar-refractivity contribution in [1.82, 2.24) is 15.1 Å². The van der Waals surface area contributed by atoms with E-state index >= 15 is 0 Å². The SMILES string of the molecule is Cc1cc2ncnc(-c3cc(Cl)cc4c3O[C@@H](c3onc5c3CCCC5)C4)c2o1.